The number of anilines is 2. The Morgan fingerprint density at radius 1 is 1.09 bits per heavy atom. The molecule has 0 aliphatic carbocycles. The quantitative estimate of drug-likeness (QED) is 0.267. The fourth-order valence-corrected chi connectivity index (χ4v) is 5.10. The van der Waals surface area contributed by atoms with Crippen LogP contribution in [0.15, 0.2) is 66.0 Å². The first-order valence-electron chi connectivity index (χ1n) is 10.7. The summed E-state index contributed by atoms with van der Waals surface area (Å²) < 4.78 is 3.64. The Morgan fingerprint density at radius 3 is 2.51 bits per heavy atom. The smallest absolute Gasteiger partial charge is 0.324 e. The van der Waals surface area contributed by atoms with Crippen LogP contribution in [-0.4, -0.2) is 64.2 Å². The van der Waals surface area contributed by atoms with Crippen LogP contribution in [0.4, 0.5) is 11.5 Å². The van der Waals surface area contributed by atoms with E-state index in [9.17, 15) is 9.90 Å². The van der Waals surface area contributed by atoms with Crippen molar-refractivity contribution in [2.75, 3.05) is 43.4 Å². The third-order valence-corrected chi connectivity index (χ3v) is 6.49. The molecular weight excluding hydrogens is 507 g/mol. The molecule has 0 unspecified atom stereocenters. The van der Waals surface area contributed by atoms with Crippen molar-refractivity contribution in [3.63, 3.8) is 0 Å². The van der Waals surface area contributed by atoms with E-state index in [0.717, 1.165) is 40.4 Å². The molecule has 2 N–H and O–H groups in total. The van der Waals surface area contributed by atoms with Crippen LogP contribution in [0, 0.1) is 0 Å². The number of aliphatic carboxylic acids is 1. The van der Waals surface area contributed by atoms with E-state index in [4.69, 9.17) is 23.2 Å². The summed E-state index contributed by atoms with van der Waals surface area (Å²) in [5.41, 5.74) is 1.67. The third-order valence-electron chi connectivity index (χ3n) is 5.04. The van der Waals surface area contributed by atoms with Gasteiger partial charge in [0.15, 0.2) is 5.82 Å². The SMILES string of the molecule is CN(C)CCNc1cnc(-n2ccc3cc(N(CC(=O)O)Sc4cc(Cl)cc(Cl)c4)ccc32)cn1. The van der Waals surface area contributed by atoms with E-state index >= 15 is 0 Å². The van der Waals surface area contributed by atoms with Crippen molar-refractivity contribution in [1.29, 1.82) is 0 Å². The molecule has 0 spiro atoms. The summed E-state index contributed by atoms with van der Waals surface area (Å²) in [5, 5.41) is 14.6. The monoisotopic (exact) mass is 530 g/mol. The Bertz CT molecular complexity index is 1310. The van der Waals surface area contributed by atoms with Gasteiger partial charge in [0.05, 0.1) is 17.9 Å². The van der Waals surface area contributed by atoms with E-state index in [-0.39, 0.29) is 6.54 Å². The first-order valence-corrected chi connectivity index (χ1v) is 12.3. The maximum absolute atomic E-state index is 11.6. The number of benzene rings is 2. The fourth-order valence-electron chi connectivity index (χ4n) is 3.44. The van der Waals surface area contributed by atoms with Gasteiger partial charge in [-0.2, -0.15) is 0 Å². The molecule has 0 amide bonds. The molecule has 0 saturated carbocycles. The van der Waals surface area contributed by atoms with Crippen LogP contribution in [0.1, 0.15) is 0 Å². The zero-order chi connectivity index (χ0) is 24.9. The van der Waals surface area contributed by atoms with Crippen LogP contribution in [0.25, 0.3) is 16.7 Å². The number of likely N-dealkylation sites (N-methyl/N-ethyl adjacent to an activating group) is 1. The number of nitrogens with zero attached hydrogens (tertiary/aromatic N) is 5. The van der Waals surface area contributed by atoms with Crippen LogP contribution in [-0.2, 0) is 4.79 Å². The van der Waals surface area contributed by atoms with Crippen molar-refractivity contribution in [2.24, 2.45) is 0 Å². The van der Waals surface area contributed by atoms with Gasteiger partial charge in [-0.05, 0) is 68.5 Å². The summed E-state index contributed by atoms with van der Waals surface area (Å²) in [7, 11) is 4.04. The minimum absolute atomic E-state index is 0.200. The van der Waals surface area contributed by atoms with Gasteiger partial charge in [0, 0.05) is 45.3 Å². The molecule has 0 atom stereocenters. The van der Waals surface area contributed by atoms with Gasteiger partial charge in [0.2, 0.25) is 0 Å². The molecular formula is C24H24Cl2N6O2S. The zero-order valence-corrected chi connectivity index (χ0v) is 21.5. The Hall–Kier alpha value is -2.98. The number of carbonyl (C=O) groups is 1. The minimum Gasteiger partial charge on any atom is -0.480 e. The molecule has 4 aromatic rings. The number of carboxylic acid groups (broad SMARTS) is 1. The number of fused-ring (bicyclic) bond motifs is 1. The van der Waals surface area contributed by atoms with E-state index in [0.29, 0.717) is 15.9 Å². The Morgan fingerprint density at radius 2 is 1.86 bits per heavy atom. The molecule has 2 aromatic heterocycles. The van der Waals surface area contributed by atoms with Crippen molar-refractivity contribution in [3.05, 3.63) is 71.1 Å². The lowest BCUT2D eigenvalue weighted by molar-refractivity contribution is -0.135. The molecule has 0 saturated heterocycles. The summed E-state index contributed by atoms with van der Waals surface area (Å²) in [6.45, 7) is 1.48. The van der Waals surface area contributed by atoms with Crippen molar-refractivity contribution < 1.29 is 9.90 Å². The van der Waals surface area contributed by atoms with Gasteiger partial charge in [-0.25, -0.2) is 9.97 Å². The number of nitrogens with one attached hydrogen (secondary N) is 1. The molecule has 0 aliphatic rings. The Labute approximate surface area is 217 Å². The molecule has 35 heavy (non-hydrogen) atoms. The van der Waals surface area contributed by atoms with Gasteiger partial charge in [-0.15, -0.1) is 0 Å². The third kappa shape index (κ3) is 6.58. The number of hydrogen-bond donors (Lipinski definition) is 2. The minimum atomic E-state index is -0.946. The first-order chi connectivity index (χ1) is 16.8. The standard InChI is InChI=1S/C24H24Cl2N6O2S/c1-30(2)8-6-27-22-13-29-23(14-28-22)31-7-5-16-9-19(3-4-21(16)31)32(15-24(33)34)35-20-11-17(25)10-18(26)12-20/h3-5,7,9-14H,6,8,15H2,1-2H3,(H,27,28)(H,33,34). The second-order valence-corrected chi connectivity index (χ2v) is 10.0. The van der Waals surface area contributed by atoms with Gasteiger partial charge in [-0.3, -0.25) is 9.36 Å². The molecule has 0 aliphatic heterocycles. The van der Waals surface area contributed by atoms with Crippen molar-refractivity contribution in [1.82, 2.24) is 19.4 Å². The molecule has 0 radical (unpaired) electrons. The van der Waals surface area contributed by atoms with E-state index in [2.05, 4.69) is 20.2 Å². The topological polar surface area (TPSA) is 86.5 Å². The average Bonchev–Trinajstić information content (AvgIpc) is 3.21. The number of rotatable bonds is 10. The normalized spacial score (nSPS) is 11.2. The number of halogens is 2. The van der Waals surface area contributed by atoms with E-state index in [1.165, 1.54) is 11.9 Å². The largest absolute Gasteiger partial charge is 0.480 e. The van der Waals surface area contributed by atoms with Gasteiger partial charge in [-0.1, -0.05) is 23.2 Å². The van der Waals surface area contributed by atoms with E-state index in [1.807, 2.05) is 49.1 Å². The second-order valence-electron chi connectivity index (χ2n) is 8.05. The van der Waals surface area contributed by atoms with E-state index in [1.54, 1.807) is 34.9 Å². The Kier molecular flexibility index (Phi) is 8.02. The highest BCUT2D eigenvalue weighted by Gasteiger charge is 2.15. The molecule has 2 aromatic carbocycles. The number of aromatic nitrogens is 3. The van der Waals surface area contributed by atoms with Gasteiger partial charge in [0.1, 0.15) is 12.4 Å². The summed E-state index contributed by atoms with van der Waals surface area (Å²) in [6, 6.07) is 12.9. The Balaban J connectivity index is 1.57. The van der Waals surface area contributed by atoms with Crippen LogP contribution < -0.4 is 9.62 Å². The summed E-state index contributed by atoms with van der Waals surface area (Å²) >= 11 is 13.5. The predicted octanol–water partition coefficient (Wildman–Crippen LogP) is 5.30. The fraction of sp³-hybridized carbons (Fsp3) is 0.208. The summed E-state index contributed by atoms with van der Waals surface area (Å²) in [6.07, 6.45) is 5.36. The lowest BCUT2D eigenvalue weighted by atomic mass is 10.2. The predicted molar refractivity (Wildman–Crippen MR) is 143 cm³/mol. The summed E-state index contributed by atoms with van der Waals surface area (Å²) in [5.74, 6) is 0.464. The van der Waals surface area contributed by atoms with Crippen LogP contribution in [0.3, 0.4) is 0 Å². The molecule has 4 rings (SSSR count). The molecule has 0 fully saturated rings. The molecule has 11 heteroatoms. The van der Waals surface area contributed by atoms with Gasteiger partial charge in [0.25, 0.3) is 0 Å². The second kappa shape index (κ2) is 11.2. The van der Waals surface area contributed by atoms with Gasteiger partial charge < -0.3 is 19.6 Å². The first kappa shape index (κ1) is 25.1. The van der Waals surface area contributed by atoms with Crippen molar-refractivity contribution >= 4 is 63.5 Å². The lowest BCUT2D eigenvalue weighted by Crippen LogP contribution is -2.22. The molecule has 182 valence electrons. The molecule has 0 bridgehead atoms. The number of carboxylic acids is 1. The molecule has 8 nitrogen and oxygen atoms in total. The highest BCUT2D eigenvalue weighted by molar-refractivity contribution is 8.00. The van der Waals surface area contributed by atoms with Crippen LogP contribution in [0.2, 0.25) is 10.0 Å². The number of hydrogen-bond acceptors (Lipinski definition) is 7. The van der Waals surface area contributed by atoms with Crippen LogP contribution in [0.5, 0.6) is 0 Å². The van der Waals surface area contributed by atoms with Gasteiger partial charge >= 0.3 is 5.97 Å². The summed E-state index contributed by atoms with van der Waals surface area (Å²) in [4.78, 5) is 23.4. The molecule has 2 heterocycles. The lowest BCUT2D eigenvalue weighted by Gasteiger charge is -2.22. The van der Waals surface area contributed by atoms with Crippen molar-refractivity contribution in [2.45, 2.75) is 4.90 Å². The zero-order valence-electron chi connectivity index (χ0n) is 19.2. The van der Waals surface area contributed by atoms with E-state index < -0.39 is 5.97 Å². The maximum Gasteiger partial charge on any atom is 0.324 e. The maximum atomic E-state index is 11.6. The van der Waals surface area contributed by atoms with Crippen molar-refractivity contribution in [3.8, 4) is 5.82 Å². The highest BCUT2D eigenvalue weighted by atomic mass is 35.5. The highest BCUT2D eigenvalue weighted by Crippen LogP contribution is 2.34. The van der Waals surface area contributed by atoms with Crippen LogP contribution >= 0.6 is 35.1 Å². The average molecular weight is 531 g/mol.